The largest absolute Gasteiger partial charge is 0.398 e. The molecule has 2 aromatic carbocycles. The van der Waals surface area contributed by atoms with E-state index in [-0.39, 0.29) is 18.9 Å². The van der Waals surface area contributed by atoms with Gasteiger partial charge in [0.15, 0.2) is 0 Å². The van der Waals surface area contributed by atoms with Gasteiger partial charge in [0, 0.05) is 17.3 Å². The summed E-state index contributed by atoms with van der Waals surface area (Å²) in [5.41, 5.74) is 8.71. The molecular weight excluding hydrogens is 440 g/mol. The Morgan fingerprint density at radius 1 is 1.20 bits per heavy atom. The predicted octanol–water partition coefficient (Wildman–Crippen LogP) is 4.38. The number of aromatic nitrogens is 1. The van der Waals surface area contributed by atoms with E-state index in [4.69, 9.17) is 15.8 Å². The minimum absolute atomic E-state index is 0.0339. The van der Waals surface area contributed by atoms with Gasteiger partial charge in [-0.3, -0.25) is 4.79 Å². The zero-order valence-electron chi connectivity index (χ0n) is 20.9. The second-order valence-corrected chi connectivity index (χ2v) is 6.96. The number of hydrogen-bond acceptors (Lipinski definition) is 5. The van der Waals surface area contributed by atoms with Crippen molar-refractivity contribution in [2.45, 2.75) is 46.1 Å². The van der Waals surface area contributed by atoms with Crippen LogP contribution in [0.25, 0.3) is 10.9 Å². The highest BCUT2D eigenvalue weighted by Gasteiger charge is 2.41. The van der Waals surface area contributed by atoms with Gasteiger partial charge in [-0.15, -0.1) is 6.42 Å². The number of nitrogens with zero attached hydrogens (tertiary/aromatic N) is 2. The highest BCUT2D eigenvalue weighted by Crippen LogP contribution is 2.36. The summed E-state index contributed by atoms with van der Waals surface area (Å²) < 4.78 is 1.97. The third kappa shape index (κ3) is 7.31. The van der Waals surface area contributed by atoms with Crippen molar-refractivity contribution >= 4 is 35.6 Å². The molecule has 0 radical (unpaired) electrons. The summed E-state index contributed by atoms with van der Waals surface area (Å²) in [6.07, 6.45) is 8.02. The second kappa shape index (κ2) is 16.3. The molecule has 35 heavy (non-hydrogen) atoms. The molecule has 3 N–H and O–H groups in total. The maximum absolute atomic E-state index is 13.3. The van der Waals surface area contributed by atoms with Gasteiger partial charge in [-0.2, -0.15) is 5.26 Å². The maximum Gasteiger partial charge on any atom is 0.251 e. The Morgan fingerprint density at radius 2 is 1.83 bits per heavy atom. The normalized spacial score (nSPS) is 10.8. The van der Waals surface area contributed by atoms with Crippen LogP contribution in [-0.4, -0.2) is 30.1 Å². The number of amides is 1. The number of carbonyl (C=O) groups excluding carboxylic acids is 3. The van der Waals surface area contributed by atoms with Gasteiger partial charge >= 0.3 is 0 Å². The monoisotopic (exact) mass is 474 g/mol. The fourth-order valence-corrected chi connectivity index (χ4v) is 3.58. The first-order valence-corrected chi connectivity index (χ1v) is 11.2. The van der Waals surface area contributed by atoms with Crippen molar-refractivity contribution in [3.63, 3.8) is 0 Å². The fraction of sp³-hybridized carbons (Fsp3) is 0.286. The summed E-state index contributed by atoms with van der Waals surface area (Å²) in [5, 5.41) is 12.6. The smallest absolute Gasteiger partial charge is 0.251 e. The first-order valence-electron chi connectivity index (χ1n) is 11.2. The standard InChI is InChI=1S/C21H22N4O.C4H4O.C2H6.CH2O/c1-3-21(20(26)24-13-12-22,16-9-7-15(2)8-10-16)25-14-11-17-18(23)5-4-6-19(17)25;1-2-3-4-5;2*1-2/h4-11,14H,3,13,23H2,1-2H3,(H,24,26);1,4H,3H2;1-2H3;1H2. The van der Waals surface area contributed by atoms with Crippen molar-refractivity contribution < 1.29 is 14.4 Å². The predicted molar refractivity (Wildman–Crippen MR) is 142 cm³/mol. The first kappa shape index (κ1) is 30.6. The first-order chi connectivity index (χ1) is 17.0. The van der Waals surface area contributed by atoms with Crippen molar-refractivity contribution in [1.82, 2.24) is 9.88 Å². The number of nitrogens with two attached hydrogens (primary N) is 1. The molecule has 3 aromatic rings. The number of anilines is 1. The molecule has 1 heterocycles. The van der Waals surface area contributed by atoms with E-state index in [0.29, 0.717) is 18.4 Å². The van der Waals surface area contributed by atoms with Crippen LogP contribution in [0.2, 0.25) is 0 Å². The van der Waals surface area contributed by atoms with Crippen LogP contribution < -0.4 is 11.1 Å². The third-order valence-corrected chi connectivity index (χ3v) is 5.12. The van der Waals surface area contributed by atoms with E-state index in [2.05, 4.69) is 17.7 Å². The van der Waals surface area contributed by atoms with Crippen LogP contribution in [-0.2, 0) is 19.9 Å². The molecule has 0 saturated heterocycles. The molecule has 0 bridgehead atoms. The lowest BCUT2D eigenvalue weighted by molar-refractivity contribution is -0.127. The number of benzene rings is 2. The summed E-state index contributed by atoms with van der Waals surface area (Å²) in [7, 11) is 0. The Balaban J connectivity index is 0.00000112. The average molecular weight is 475 g/mol. The molecule has 184 valence electrons. The van der Waals surface area contributed by atoms with E-state index in [9.17, 15) is 9.59 Å². The number of nitrogens with one attached hydrogen (secondary N) is 1. The molecule has 0 saturated carbocycles. The molecular formula is C28H34N4O3. The Hall–Kier alpha value is -4.36. The molecule has 1 aromatic heterocycles. The zero-order chi connectivity index (χ0) is 26.9. The number of hydrogen-bond donors (Lipinski definition) is 2. The van der Waals surface area contributed by atoms with Crippen molar-refractivity contribution in [3.05, 3.63) is 65.9 Å². The van der Waals surface area contributed by atoms with Gasteiger partial charge in [-0.1, -0.05) is 62.6 Å². The number of fused-ring (bicyclic) bond motifs is 1. The molecule has 0 aliphatic rings. The average Bonchev–Trinajstić information content (AvgIpc) is 3.34. The van der Waals surface area contributed by atoms with Crippen molar-refractivity contribution in [2.75, 3.05) is 12.3 Å². The Morgan fingerprint density at radius 3 is 2.31 bits per heavy atom. The van der Waals surface area contributed by atoms with Crippen LogP contribution in [0.1, 0.15) is 44.7 Å². The van der Waals surface area contributed by atoms with E-state index in [1.54, 1.807) is 0 Å². The molecule has 0 aliphatic carbocycles. The van der Waals surface area contributed by atoms with Gasteiger partial charge in [0.1, 0.15) is 25.2 Å². The van der Waals surface area contributed by atoms with Crippen LogP contribution >= 0.6 is 0 Å². The molecule has 7 heteroatoms. The molecule has 3 rings (SSSR count). The SMILES string of the molecule is C#CCC=O.C=O.CC.CCC(C(=O)NCC#N)(c1ccc(C)cc1)n1ccc2c(N)cccc21. The van der Waals surface area contributed by atoms with Gasteiger partial charge in [-0.05, 0) is 37.1 Å². The van der Waals surface area contributed by atoms with Gasteiger partial charge in [0.25, 0.3) is 5.91 Å². The molecule has 0 spiro atoms. The summed E-state index contributed by atoms with van der Waals surface area (Å²) in [6.45, 7) is 9.96. The Bertz CT molecular complexity index is 1150. The summed E-state index contributed by atoms with van der Waals surface area (Å²) >= 11 is 0. The third-order valence-electron chi connectivity index (χ3n) is 5.12. The lowest BCUT2D eigenvalue weighted by Gasteiger charge is -2.34. The van der Waals surface area contributed by atoms with E-state index >= 15 is 0 Å². The van der Waals surface area contributed by atoms with Crippen LogP contribution in [0.3, 0.4) is 0 Å². The number of rotatable bonds is 6. The number of carbonyl (C=O) groups is 3. The van der Waals surface area contributed by atoms with Crippen molar-refractivity contribution in [2.24, 2.45) is 0 Å². The minimum Gasteiger partial charge on any atom is -0.398 e. The highest BCUT2D eigenvalue weighted by molar-refractivity contribution is 5.95. The molecule has 0 fully saturated rings. The Labute approximate surface area is 207 Å². The summed E-state index contributed by atoms with van der Waals surface area (Å²) in [5.74, 6) is 1.95. The van der Waals surface area contributed by atoms with Crippen molar-refractivity contribution in [1.29, 1.82) is 5.26 Å². The number of aldehydes is 1. The maximum atomic E-state index is 13.3. The lowest BCUT2D eigenvalue weighted by Crippen LogP contribution is -2.49. The lowest BCUT2D eigenvalue weighted by atomic mass is 9.85. The number of aryl methyl sites for hydroxylation is 1. The zero-order valence-corrected chi connectivity index (χ0v) is 20.9. The molecule has 1 atom stereocenters. The second-order valence-electron chi connectivity index (χ2n) is 6.96. The van der Waals surface area contributed by atoms with Crippen LogP contribution in [0.15, 0.2) is 54.7 Å². The molecule has 1 unspecified atom stereocenters. The van der Waals surface area contributed by atoms with E-state index in [1.165, 1.54) is 0 Å². The van der Waals surface area contributed by atoms with Gasteiger partial charge in [-0.25, -0.2) is 0 Å². The summed E-state index contributed by atoms with van der Waals surface area (Å²) in [4.78, 5) is 30.5. The minimum atomic E-state index is -0.958. The van der Waals surface area contributed by atoms with E-state index in [1.807, 2.05) is 99.8 Å². The summed E-state index contributed by atoms with van der Waals surface area (Å²) in [6, 6.07) is 17.6. The van der Waals surface area contributed by atoms with E-state index < -0.39 is 5.54 Å². The van der Waals surface area contributed by atoms with Gasteiger partial charge in [0.2, 0.25) is 0 Å². The van der Waals surface area contributed by atoms with Gasteiger partial charge in [0.05, 0.1) is 18.0 Å². The molecule has 1 amide bonds. The highest BCUT2D eigenvalue weighted by atomic mass is 16.2. The van der Waals surface area contributed by atoms with Crippen LogP contribution in [0.4, 0.5) is 5.69 Å². The van der Waals surface area contributed by atoms with E-state index in [0.717, 1.165) is 22.0 Å². The molecule has 0 aliphatic heterocycles. The molecule has 7 nitrogen and oxygen atoms in total. The number of terminal acetylenes is 1. The number of nitrogen functional groups attached to an aromatic ring is 1. The van der Waals surface area contributed by atoms with Crippen LogP contribution in [0, 0.1) is 30.6 Å². The van der Waals surface area contributed by atoms with Gasteiger partial charge < -0.3 is 25.2 Å². The Kier molecular flexibility index (Phi) is 14.3. The fourth-order valence-electron chi connectivity index (χ4n) is 3.58. The van der Waals surface area contributed by atoms with Crippen molar-refractivity contribution in [3.8, 4) is 18.4 Å². The topological polar surface area (TPSA) is 118 Å². The van der Waals surface area contributed by atoms with Crippen LogP contribution in [0.5, 0.6) is 0 Å². The quantitative estimate of drug-likeness (QED) is 0.238. The number of nitriles is 1.